The Kier molecular flexibility index (Phi) is 3.13. The van der Waals surface area contributed by atoms with Gasteiger partial charge in [-0.25, -0.2) is 9.97 Å². The largest absolute Gasteiger partial charge is 0.236 e. The average molecular weight is 379 g/mol. The number of hydrogen-bond donors (Lipinski definition) is 0. The number of nitrogens with zero attached hydrogens (tertiary/aromatic N) is 2. The molecule has 134 valence electrons. The third-order valence-electron chi connectivity index (χ3n) is 5.95. The molecule has 0 unspecified atom stereocenters. The molecule has 6 rings (SSSR count). The summed E-state index contributed by atoms with van der Waals surface area (Å²) in [6, 6.07) is 23.7. The van der Waals surface area contributed by atoms with E-state index in [2.05, 4.69) is 79.5 Å². The lowest BCUT2D eigenvalue weighted by Gasteiger charge is -2.24. The monoisotopic (exact) mass is 378 g/mol. The Morgan fingerprint density at radius 1 is 0.714 bits per heavy atom. The van der Waals surface area contributed by atoms with E-state index in [0.29, 0.717) is 0 Å². The lowest BCUT2D eigenvalue weighted by Crippen LogP contribution is -2.16. The molecule has 28 heavy (non-hydrogen) atoms. The second-order valence-corrected chi connectivity index (χ2v) is 8.95. The van der Waals surface area contributed by atoms with Crippen LogP contribution in [0.25, 0.3) is 42.7 Å². The third kappa shape index (κ3) is 1.97. The number of fused-ring (bicyclic) bond motifs is 6. The molecule has 2 nitrogen and oxygen atoms in total. The highest BCUT2D eigenvalue weighted by Gasteiger charge is 2.40. The van der Waals surface area contributed by atoms with E-state index in [-0.39, 0.29) is 5.41 Å². The van der Waals surface area contributed by atoms with Gasteiger partial charge in [-0.1, -0.05) is 68.4 Å². The number of rotatable bonds is 1. The van der Waals surface area contributed by atoms with E-state index in [1.54, 1.807) is 6.33 Å². The second-order valence-electron chi connectivity index (χ2n) is 7.89. The number of hydrogen-bond acceptors (Lipinski definition) is 3. The molecule has 0 atom stereocenters. The molecule has 0 fully saturated rings. The quantitative estimate of drug-likeness (QED) is 0.320. The number of para-hydroxylation sites is 1. The van der Waals surface area contributed by atoms with Crippen molar-refractivity contribution < 1.29 is 0 Å². The Bertz CT molecular complexity index is 1390. The fraction of sp³-hybridized carbons (Fsp3) is 0.120. The number of benzene rings is 3. The molecule has 0 radical (unpaired) electrons. The van der Waals surface area contributed by atoms with Crippen molar-refractivity contribution in [3.05, 3.63) is 84.2 Å². The van der Waals surface area contributed by atoms with E-state index in [0.717, 1.165) is 16.6 Å². The fourth-order valence-corrected chi connectivity index (χ4v) is 6.21. The summed E-state index contributed by atoms with van der Waals surface area (Å²) in [5.41, 5.74) is 7.33. The molecule has 0 bridgehead atoms. The molecule has 0 N–H and O–H groups in total. The zero-order valence-electron chi connectivity index (χ0n) is 15.7. The fourth-order valence-electron chi connectivity index (χ4n) is 4.81. The van der Waals surface area contributed by atoms with E-state index >= 15 is 0 Å². The van der Waals surface area contributed by atoms with Gasteiger partial charge in [0.15, 0.2) is 0 Å². The SMILES string of the molecule is CC1(C)c2c(cccc2-c2ncnc3ccccc23)-c2sc3ccccc3c21. The summed E-state index contributed by atoms with van der Waals surface area (Å²) in [5.74, 6) is 0. The Morgan fingerprint density at radius 2 is 1.46 bits per heavy atom. The van der Waals surface area contributed by atoms with Gasteiger partial charge in [0.1, 0.15) is 6.33 Å². The first-order valence-corrected chi connectivity index (χ1v) is 10.3. The second kappa shape index (κ2) is 5.49. The van der Waals surface area contributed by atoms with Crippen molar-refractivity contribution in [2.75, 3.05) is 0 Å². The maximum absolute atomic E-state index is 4.72. The number of aromatic nitrogens is 2. The summed E-state index contributed by atoms with van der Waals surface area (Å²) in [7, 11) is 0. The minimum Gasteiger partial charge on any atom is -0.236 e. The van der Waals surface area contributed by atoms with Crippen molar-refractivity contribution >= 4 is 32.3 Å². The van der Waals surface area contributed by atoms with Crippen molar-refractivity contribution in [2.45, 2.75) is 19.3 Å². The van der Waals surface area contributed by atoms with Gasteiger partial charge in [0, 0.05) is 25.9 Å². The van der Waals surface area contributed by atoms with Gasteiger partial charge in [0.2, 0.25) is 0 Å². The van der Waals surface area contributed by atoms with Crippen molar-refractivity contribution in [2.24, 2.45) is 0 Å². The Balaban J connectivity index is 1.71. The van der Waals surface area contributed by atoms with Crippen LogP contribution in [-0.2, 0) is 5.41 Å². The third-order valence-corrected chi connectivity index (χ3v) is 7.16. The lowest BCUT2D eigenvalue weighted by molar-refractivity contribution is 0.668. The summed E-state index contributed by atoms with van der Waals surface area (Å²) in [5, 5.41) is 2.48. The standard InChI is InChI=1S/C25H18N2S/c1-25(2)21-17(23-15-8-3-5-12-19(15)26-14-27-23)10-7-11-18(21)24-22(25)16-9-4-6-13-20(16)28-24/h3-14H,1-2H3. The Labute approximate surface area is 167 Å². The molecule has 3 aromatic carbocycles. The highest BCUT2D eigenvalue weighted by atomic mass is 32.1. The van der Waals surface area contributed by atoms with Crippen LogP contribution in [0.15, 0.2) is 73.1 Å². The van der Waals surface area contributed by atoms with Gasteiger partial charge in [-0.05, 0) is 34.2 Å². The highest BCUT2D eigenvalue weighted by molar-refractivity contribution is 7.22. The van der Waals surface area contributed by atoms with Gasteiger partial charge in [-0.2, -0.15) is 0 Å². The highest BCUT2D eigenvalue weighted by Crippen LogP contribution is 2.57. The zero-order valence-corrected chi connectivity index (χ0v) is 16.5. The molecule has 0 saturated carbocycles. The van der Waals surface area contributed by atoms with Crippen LogP contribution >= 0.6 is 11.3 Å². The maximum Gasteiger partial charge on any atom is 0.116 e. The van der Waals surface area contributed by atoms with E-state index < -0.39 is 0 Å². The average Bonchev–Trinajstić information content (AvgIpc) is 3.22. The molecule has 0 spiro atoms. The molecule has 2 aromatic heterocycles. The zero-order chi connectivity index (χ0) is 18.9. The predicted molar refractivity (Wildman–Crippen MR) is 118 cm³/mol. The van der Waals surface area contributed by atoms with Gasteiger partial charge in [-0.3, -0.25) is 0 Å². The molecule has 1 aliphatic rings. The van der Waals surface area contributed by atoms with Gasteiger partial charge in [0.05, 0.1) is 11.2 Å². The Morgan fingerprint density at radius 3 is 2.36 bits per heavy atom. The van der Waals surface area contributed by atoms with Crippen LogP contribution in [0.5, 0.6) is 0 Å². The van der Waals surface area contributed by atoms with E-state index in [1.807, 2.05) is 17.4 Å². The predicted octanol–water partition coefficient (Wildman–Crippen LogP) is 6.82. The molecule has 5 aromatic rings. The van der Waals surface area contributed by atoms with E-state index in [4.69, 9.17) is 4.98 Å². The van der Waals surface area contributed by atoms with Crippen LogP contribution in [0.4, 0.5) is 0 Å². The summed E-state index contributed by atoms with van der Waals surface area (Å²) in [6.45, 7) is 4.70. The van der Waals surface area contributed by atoms with Crippen molar-refractivity contribution in [1.29, 1.82) is 0 Å². The molecular formula is C25H18N2S. The van der Waals surface area contributed by atoms with Crippen molar-refractivity contribution in [3.8, 4) is 21.7 Å². The van der Waals surface area contributed by atoms with Crippen LogP contribution < -0.4 is 0 Å². The molecule has 2 heterocycles. The Hall–Kier alpha value is -3.04. The minimum atomic E-state index is -0.0765. The smallest absolute Gasteiger partial charge is 0.116 e. The van der Waals surface area contributed by atoms with Crippen LogP contribution in [-0.4, -0.2) is 9.97 Å². The summed E-state index contributed by atoms with van der Waals surface area (Å²) < 4.78 is 1.36. The molecular weight excluding hydrogens is 360 g/mol. The minimum absolute atomic E-state index is 0.0765. The van der Waals surface area contributed by atoms with Crippen LogP contribution in [0.1, 0.15) is 25.0 Å². The van der Waals surface area contributed by atoms with E-state index in [9.17, 15) is 0 Å². The molecule has 3 heteroatoms. The first kappa shape index (κ1) is 16.0. The molecule has 0 aliphatic heterocycles. The number of thiophene rings is 1. The van der Waals surface area contributed by atoms with Gasteiger partial charge >= 0.3 is 0 Å². The molecule has 1 aliphatic carbocycles. The van der Waals surface area contributed by atoms with Crippen LogP contribution in [0.2, 0.25) is 0 Å². The first-order valence-electron chi connectivity index (χ1n) is 9.52. The first-order chi connectivity index (χ1) is 13.7. The molecule has 0 amide bonds. The summed E-state index contributed by atoms with van der Waals surface area (Å²) in [4.78, 5) is 10.6. The summed E-state index contributed by atoms with van der Waals surface area (Å²) >= 11 is 1.91. The van der Waals surface area contributed by atoms with Crippen molar-refractivity contribution in [1.82, 2.24) is 9.97 Å². The van der Waals surface area contributed by atoms with Gasteiger partial charge in [-0.15, -0.1) is 11.3 Å². The topological polar surface area (TPSA) is 25.8 Å². The lowest BCUT2D eigenvalue weighted by atomic mass is 9.78. The van der Waals surface area contributed by atoms with Crippen LogP contribution in [0, 0.1) is 0 Å². The molecule has 0 saturated heterocycles. The van der Waals surface area contributed by atoms with Crippen molar-refractivity contribution in [3.63, 3.8) is 0 Å². The normalized spacial score (nSPS) is 14.4. The summed E-state index contributed by atoms with van der Waals surface area (Å²) in [6.07, 6.45) is 1.68. The van der Waals surface area contributed by atoms with Gasteiger partial charge < -0.3 is 0 Å². The van der Waals surface area contributed by atoms with Crippen LogP contribution in [0.3, 0.4) is 0 Å². The maximum atomic E-state index is 4.72. The van der Waals surface area contributed by atoms with E-state index in [1.165, 1.54) is 37.2 Å². The van der Waals surface area contributed by atoms with Gasteiger partial charge in [0.25, 0.3) is 0 Å².